The average Bonchev–Trinajstić information content (AvgIpc) is 2.38. The summed E-state index contributed by atoms with van der Waals surface area (Å²) in [5, 5.41) is 6.77. The monoisotopic (exact) mass is 294 g/mol. The van der Waals surface area contributed by atoms with Gasteiger partial charge < -0.3 is 10.6 Å². The normalized spacial score (nSPS) is 10.1. The Labute approximate surface area is 121 Å². The summed E-state index contributed by atoms with van der Waals surface area (Å²) < 4.78 is 13.5. The topological polar surface area (TPSA) is 24.1 Å². The van der Waals surface area contributed by atoms with Gasteiger partial charge in [-0.15, -0.1) is 0 Å². The van der Waals surface area contributed by atoms with Crippen LogP contribution < -0.4 is 10.6 Å². The SMILES string of the molecule is Cc1c(Cl)cccc1NC(=S)Nc1ccccc1F. The first kappa shape index (κ1) is 13.8. The smallest absolute Gasteiger partial charge is 0.175 e. The van der Waals surface area contributed by atoms with E-state index in [9.17, 15) is 4.39 Å². The van der Waals surface area contributed by atoms with Gasteiger partial charge in [-0.1, -0.05) is 29.8 Å². The molecule has 0 aliphatic carbocycles. The van der Waals surface area contributed by atoms with Crippen LogP contribution in [0.15, 0.2) is 42.5 Å². The van der Waals surface area contributed by atoms with Crippen LogP contribution >= 0.6 is 23.8 Å². The van der Waals surface area contributed by atoms with Crippen molar-refractivity contribution >= 4 is 40.3 Å². The van der Waals surface area contributed by atoms with Crippen molar-refractivity contribution in [2.75, 3.05) is 10.6 Å². The number of anilines is 2. The number of benzene rings is 2. The summed E-state index contributed by atoms with van der Waals surface area (Å²) in [6, 6.07) is 11.8. The standard InChI is InChI=1S/C14H12ClFN2S/c1-9-10(15)5-4-8-12(9)17-14(19)18-13-7-3-2-6-11(13)16/h2-8H,1H3,(H2,17,18,19). The van der Waals surface area contributed by atoms with Gasteiger partial charge in [0.2, 0.25) is 0 Å². The molecule has 2 aromatic rings. The third-order valence-corrected chi connectivity index (χ3v) is 3.25. The molecule has 0 aliphatic rings. The molecule has 2 rings (SSSR count). The fourth-order valence-corrected chi connectivity index (χ4v) is 1.98. The van der Waals surface area contributed by atoms with Crippen molar-refractivity contribution in [3.05, 3.63) is 58.9 Å². The lowest BCUT2D eigenvalue weighted by atomic mass is 10.2. The lowest BCUT2D eigenvalue weighted by Gasteiger charge is -2.13. The van der Waals surface area contributed by atoms with Gasteiger partial charge in [0, 0.05) is 10.7 Å². The predicted molar refractivity (Wildman–Crippen MR) is 82.4 cm³/mol. The molecule has 2 N–H and O–H groups in total. The van der Waals surface area contributed by atoms with Crippen molar-refractivity contribution in [3.8, 4) is 0 Å². The van der Waals surface area contributed by atoms with E-state index in [1.54, 1.807) is 24.3 Å². The molecule has 0 atom stereocenters. The van der Waals surface area contributed by atoms with Crippen LogP contribution in [0, 0.1) is 12.7 Å². The Bertz CT molecular complexity index is 616. The summed E-state index contributed by atoms with van der Waals surface area (Å²) in [6.45, 7) is 1.89. The summed E-state index contributed by atoms with van der Waals surface area (Å²) in [5.41, 5.74) is 2.02. The minimum absolute atomic E-state index is 0.315. The van der Waals surface area contributed by atoms with E-state index in [1.807, 2.05) is 19.1 Å². The van der Waals surface area contributed by atoms with Gasteiger partial charge in [0.25, 0.3) is 0 Å². The van der Waals surface area contributed by atoms with E-state index in [1.165, 1.54) is 6.07 Å². The summed E-state index contributed by atoms with van der Waals surface area (Å²) >= 11 is 11.2. The highest BCUT2D eigenvalue weighted by atomic mass is 35.5. The molecule has 0 heterocycles. The zero-order valence-corrected chi connectivity index (χ0v) is 11.8. The van der Waals surface area contributed by atoms with Gasteiger partial charge in [0.15, 0.2) is 5.11 Å². The molecule has 0 aromatic heterocycles. The lowest BCUT2D eigenvalue weighted by Crippen LogP contribution is -2.20. The zero-order valence-electron chi connectivity index (χ0n) is 10.2. The van der Waals surface area contributed by atoms with E-state index in [0.717, 1.165) is 11.3 Å². The van der Waals surface area contributed by atoms with Crippen molar-refractivity contribution in [2.24, 2.45) is 0 Å². The van der Waals surface area contributed by atoms with Gasteiger partial charge in [0.1, 0.15) is 5.82 Å². The first-order chi connectivity index (χ1) is 9.08. The van der Waals surface area contributed by atoms with Crippen molar-refractivity contribution in [1.29, 1.82) is 0 Å². The fourth-order valence-electron chi connectivity index (χ4n) is 1.58. The van der Waals surface area contributed by atoms with Crippen LogP contribution in [0.3, 0.4) is 0 Å². The molecule has 0 saturated carbocycles. The Morgan fingerprint density at radius 3 is 2.42 bits per heavy atom. The molecule has 0 aliphatic heterocycles. The molecule has 0 unspecified atom stereocenters. The van der Waals surface area contributed by atoms with Crippen LogP contribution in [-0.4, -0.2) is 5.11 Å². The Hall–Kier alpha value is -1.65. The lowest BCUT2D eigenvalue weighted by molar-refractivity contribution is 0.632. The molecule has 2 aromatic carbocycles. The van der Waals surface area contributed by atoms with Crippen LogP contribution in [0.25, 0.3) is 0 Å². The highest BCUT2D eigenvalue weighted by Crippen LogP contribution is 2.23. The molecule has 5 heteroatoms. The fraction of sp³-hybridized carbons (Fsp3) is 0.0714. The van der Waals surface area contributed by atoms with E-state index < -0.39 is 0 Å². The van der Waals surface area contributed by atoms with E-state index in [2.05, 4.69) is 10.6 Å². The third kappa shape index (κ3) is 3.43. The Balaban J connectivity index is 2.10. The van der Waals surface area contributed by atoms with Gasteiger partial charge in [-0.05, 0) is 49.0 Å². The number of nitrogens with one attached hydrogen (secondary N) is 2. The summed E-state index contributed by atoms with van der Waals surface area (Å²) in [6.07, 6.45) is 0. The van der Waals surface area contributed by atoms with Gasteiger partial charge in [-0.25, -0.2) is 4.39 Å². The highest BCUT2D eigenvalue weighted by molar-refractivity contribution is 7.80. The van der Waals surface area contributed by atoms with Gasteiger partial charge >= 0.3 is 0 Å². The molecule has 0 amide bonds. The summed E-state index contributed by atoms with van der Waals surface area (Å²) in [7, 11) is 0. The number of thiocarbonyl (C=S) groups is 1. The van der Waals surface area contributed by atoms with Crippen molar-refractivity contribution < 1.29 is 4.39 Å². The van der Waals surface area contributed by atoms with Crippen molar-refractivity contribution in [3.63, 3.8) is 0 Å². The Morgan fingerprint density at radius 2 is 1.68 bits per heavy atom. The molecule has 2 nitrogen and oxygen atoms in total. The maximum absolute atomic E-state index is 13.5. The molecule has 98 valence electrons. The van der Waals surface area contributed by atoms with Crippen molar-refractivity contribution in [2.45, 2.75) is 6.92 Å². The van der Waals surface area contributed by atoms with Crippen LogP contribution in [0.2, 0.25) is 5.02 Å². The second-order valence-corrected chi connectivity index (χ2v) is 4.79. The summed E-state index contributed by atoms with van der Waals surface area (Å²) in [5.74, 6) is -0.352. The number of halogens is 2. The van der Waals surface area contributed by atoms with Crippen LogP contribution in [0.5, 0.6) is 0 Å². The highest BCUT2D eigenvalue weighted by Gasteiger charge is 2.06. The van der Waals surface area contributed by atoms with Gasteiger partial charge in [0.05, 0.1) is 5.69 Å². The first-order valence-electron chi connectivity index (χ1n) is 5.65. The van der Waals surface area contributed by atoms with Crippen molar-refractivity contribution in [1.82, 2.24) is 0 Å². The van der Waals surface area contributed by atoms with Crippen LogP contribution in [-0.2, 0) is 0 Å². The summed E-state index contributed by atoms with van der Waals surface area (Å²) in [4.78, 5) is 0. The van der Waals surface area contributed by atoms with E-state index in [4.69, 9.17) is 23.8 Å². The molecule has 19 heavy (non-hydrogen) atoms. The largest absolute Gasteiger partial charge is 0.332 e. The predicted octanol–water partition coefficient (Wildman–Crippen LogP) is 4.60. The third-order valence-electron chi connectivity index (χ3n) is 2.64. The van der Waals surface area contributed by atoms with Gasteiger partial charge in [-0.3, -0.25) is 0 Å². The zero-order chi connectivity index (χ0) is 13.8. The first-order valence-corrected chi connectivity index (χ1v) is 6.44. The second-order valence-electron chi connectivity index (χ2n) is 3.97. The minimum Gasteiger partial charge on any atom is -0.332 e. The number of rotatable bonds is 2. The quantitative estimate of drug-likeness (QED) is 0.792. The minimum atomic E-state index is -0.352. The van der Waals surface area contributed by atoms with E-state index >= 15 is 0 Å². The number of hydrogen-bond acceptors (Lipinski definition) is 1. The van der Waals surface area contributed by atoms with E-state index in [0.29, 0.717) is 15.8 Å². The average molecular weight is 295 g/mol. The van der Waals surface area contributed by atoms with Crippen LogP contribution in [0.4, 0.5) is 15.8 Å². The van der Waals surface area contributed by atoms with E-state index in [-0.39, 0.29) is 5.82 Å². The second kappa shape index (κ2) is 5.99. The molecular weight excluding hydrogens is 283 g/mol. The van der Waals surface area contributed by atoms with Crippen LogP contribution in [0.1, 0.15) is 5.56 Å². The molecule has 0 spiro atoms. The molecule has 0 radical (unpaired) electrons. The molecule has 0 fully saturated rings. The molecule has 0 saturated heterocycles. The number of hydrogen-bond donors (Lipinski definition) is 2. The molecule has 0 bridgehead atoms. The maximum Gasteiger partial charge on any atom is 0.175 e. The molecular formula is C14H12ClFN2S. The Morgan fingerprint density at radius 1 is 1.05 bits per heavy atom. The number of para-hydroxylation sites is 1. The maximum atomic E-state index is 13.5. The Kier molecular flexibility index (Phi) is 4.35. The van der Waals surface area contributed by atoms with Gasteiger partial charge in [-0.2, -0.15) is 0 Å².